The number of anilines is 2. The summed E-state index contributed by atoms with van der Waals surface area (Å²) in [5.74, 6) is -3.48. The summed E-state index contributed by atoms with van der Waals surface area (Å²) < 4.78 is 4.87. The molecule has 3 rings (SSSR count). The first kappa shape index (κ1) is 32.5. The van der Waals surface area contributed by atoms with Crippen molar-refractivity contribution in [1.29, 1.82) is 0 Å². The van der Waals surface area contributed by atoms with Crippen molar-refractivity contribution in [1.82, 2.24) is 25.3 Å². The zero-order chi connectivity index (χ0) is 31.7. The number of amides is 1. The number of carbonyl (C=O) groups is 4. The molecule has 3 aromatic rings. The van der Waals surface area contributed by atoms with E-state index >= 15 is 0 Å². The summed E-state index contributed by atoms with van der Waals surface area (Å²) in [7, 11) is 0. The lowest BCUT2D eigenvalue weighted by Crippen LogP contribution is -2.50. The minimum Gasteiger partial charge on any atom is -0.481 e. The molecule has 0 saturated carbocycles. The van der Waals surface area contributed by atoms with E-state index in [9.17, 15) is 39.3 Å². The Labute approximate surface area is 241 Å². The van der Waals surface area contributed by atoms with Gasteiger partial charge in [-0.2, -0.15) is 4.98 Å². The Morgan fingerprint density at radius 1 is 1.09 bits per heavy atom. The number of aliphatic hydroxyl groups excluding tert-OH is 4. The molecule has 0 aliphatic heterocycles. The van der Waals surface area contributed by atoms with Crippen molar-refractivity contribution in [2.75, 3.05) is 17.7 Å². The molecule has 5 atom stereocenters. The highest BCUT2D eigenvalue weighted by Crippen LogP contribution is 2.14. The summed E-state index contributed by atoms with van der Waals surface area (Å²) >= 11 is 0. The van der Waals surface area contributed by atoms with E-state index in [2.05, 4.69) is 30.6 Å². The first-order valence-corrected chi connectivity index (χ1v) is 12.6. The number of rotatable bonds is 15. The Morgan fingerprint density at radius 2 is 1.79 bits per heavy atom. The van der Waals surface area contributed by atoms with Gasteiger partial charge in [0, 0.05) is 17.7 Å². The molecule has 18 nitrogen and oxygen atoms in total. The lowest BCUT2D eigenvalue weighted by atomic mass is 10.0. The van der Waals surface area contributed by atoms with Gasteiger partial charge < -0.3 is 46.6 Å². The van der Waals surface area contributed by atoms with Crippen molar-refractivity contribution < 1.29 is 49.4 Å². The number of nitrogens with two attached hydrogens (primary N) is 1. The Bertz CT molecular complexity index is 1520. The predicted octanol–water partition coefficient (Wildman–Crippen LogP) is -2.94. The number of aliphatic hydroxyl groups is 4. The number of carbonyl (C=O) groups excluding carboxylic acids is 3. The molecule has 2 aromatic heterocycles. The number of carboxylic acid groups (broad SMARTS) is 1. The maximum atomic E-state index is 12.8. The van der Waals surface area contributed by atoms with Crippen LogP contribution in [0.3, 0.4) is 0 Å². The van der Waals surface area contributed by atoms with Gasteiger partial charge in [-0.1, -0.05) is 0 Å². The average Bonchev–Trinajstić information content (AvgIpc) is 2.99. The molecule has 0 radical (unpaired) electrons. The van der Waals surface area contributed by atoms with Crippen molar-refractivity contribution in [2.24, 2.45) is 0 Å². The van der Waals surface area contributed by atoms with E-state index in [0.717, 1.165) is 0 Å². The Morgan fingerprint density at radius 3 is 2.42 bits per heavy atom. The Balaban J connectivity index is 1.65. The van der Waals surface area contributed by atoms with Crippen LogP contribution in [0.5, 0.6) is 0 Å². The van der Waals surface area contributed by atoms with Crippen LogP contribution in [0.25, 0.3) is 11.2 Å². The second-order valence-corrected chi connectivity index (χ2v) is 9.14. The second-order valence-electron chi connectivity index (χ2n) is 9.14. The summed E-state index contributed by atoms with van der Waals surface area (Å²) in [5, 5.41) is 52.6. The highest BCUT2D eigenvalue weighted by atomic mass is 16.6. The van der Waals surface area contributed by atoms with E-state index in [4.69, 9.17) is 20.7 Å². The maximum absolute atomic E-state index is 12.8. The van der Waals surface area contributed by atoms with Gasteiger partial charge in [-0.3, -0.25) is 24.2 Å². The molecule has 1 amide bonds. The average molecular weight is 604 g/mol. The molecule has 18 heteroatoms. The van der Waals surface area contributed by atoms with E-state index in [-0.39, 0.29) is 35.5 Å². The van der Waals surface area contributed by atoms with E-state index in [0.29, 0.717) is 11.4 Å². The van der Waals surface area contributed by atoms with Crippen molar-refractivity contribution in [2.45, 2.75) is 49.8 Å². The molecule has 10 N–H and O–H groups in total. The zero-order valence-corrected chi connectivity index (χ0v) is 22.3. The SMILES string of the molecule is Nc1nc2ncc(CNc3ccc(C(=O)NC(CCC(=O)O)C(=O)O[C@@H](C=O)[C@@H](O)[C@H](O)[C@H](O)CO)cc3)nc2c(=O)[nH]1. The standard InChI is InChI=1S/C25H29N7O11/c26-25-31-21-18(23(41)32-25)29-13(8-28-21)7-27-12-3-1-11(2-4-12)22(40)30-14(5-6-17(36)37)24(42)43-16(10-34)20(39)19(38)15(35)9-33/h1-4,8,10,14-16,19-20,27,33,35,38-39H,5-7,9H2,(H,30,40)(H,36,37)(H3,26,28,31,32,41)/t14?,15-,16+,19-,20-/m1/s1. The van der Waals surface area contributed by atoms with Crippen molar-refractivity contribution >= 4 is 46.9 Å². The van der Waals surface area contributed by atoms with Crippen LogP contribution in [0.4, 0.5) is 11.6 Å². The highest BCUT2D eigenvalue weighted by molar-refractivity contribution is 5.97. The Kier molecular flexibility index (Phi) is 11.1. The first-order chi connectivity index (χ1) is 20.4. The van der Waals surface area contributed by atoms with Crippen LogP contribution in [0.1, 0.15) is 28.9 Å². The fraction of sp³-hybridized carbons (Fsp3) is 0.360. The normalized spacial score (nSPS) is 14.6. The van der Waals surface area contributed by atoms with E-state index in [1.165, 1.54) is 30.5 Å². The fourth-order valence-corrected chi connectivity index (χ4v) is 3.67. The number of H-pyrrole nitrogens is 1. The van der Waals surface area contributed by atoms with Gasteiger partial charge in [0.1, 0.15) is 24.4 Å². The molecule has 0 aliphatic rings. The number of nitrogens with one attached hydrogen (secondary N) is 3. The number of aromatic nitrogens is 4. The summed E-state index contributed by atoms with van der Waals surface area (Å²) in [6.45, 7) is -0.815. The quantitative estimate of drug-likeness (QED) is 0.0619. The van der Waals surface area contributed by atoms with E-state index in [1.807, 2.05) is 0 Å². The van der Waals surface area contributed by atoms with Gasteiger partial charge >= 0.3 is 11.9 Å². The fourth-order valence-electron chi connectivity index (χ4n) is 3.67. The van der Waals surface area contributed by atoms with Gasteiger partial charge in [-0.05, 0) is 30.7 Å². The first-order valence-electron chi connectivity index (χ1n) is 12.6. The van der Waals surface area contributed by atoms with Crippen LogP contribution >= 0.6 is 0 Å². The smallest absolute Gasteiger partial charge is 0.329 e. The minimum atomic E-state index is -2.13. The lowest BCUT2D eigenvalue weighted by Gasteiger charge is -2.27. The predicted molar refractivity (Wildman–Crippen MR) is 145 cm³/mol. The van der Waals surface area contributed by atoms with Crippen LogP contribution < -0.4 is 21.9 Å². The number of hydrogen-bond donors (Lipinski definition) is 9. The number of benzene rings is 1. The van der Waals surface area contributed by atoms with Gasteiger partial charge in [0.25, 0.3) is 11.5 Å². The maximum Gasteiger partial charge on any atom is 0.329 e. The van der Waals surface area contributed by atoms with Crippen LogP contribution in [0.2, 0.25) is 0 Å². The number of hydrogen-bond acceptors (Lipinski definition) is 15. The third kappa shape index (κ3) is 8.72. The van der Waals surface area contributed by atoms with Crippen LogP contribution in [-0.4, -0.2) is 107 Å². The number of nitrogens with zero attached hydrogens (tertiary/aromatic N) is 3. The molecule has 1 unspecified atom stereocenters. The largest absolute Gasteiger partial charge is 0.481 e. The van der Waals surface area contributed by atoms with E-state index < -0.39 is 73.3 Å². The Hall–Kier alpha value is -5.04. The van der Waals surface area contributed by atoms with Crippen LogP contribution in [0, 0.1) is 0 Å². The molecule has 43 heavy (non-hydrogen) atoms. The molecule has 2 heterocycles. The molecule has 0 saturated heterocycles. The van der Waals surface area contributed by atoms with Crippen LogP contribution in [0.15, 0.2) is 35.3 Å². The molecule has 1 aromatic carbocycles. The number of carboxylic acids is 1. The van der Waals surface area contributed by atoms with Crippen molar-refractivity contribution in [3.05, 3.63) is 52.1 Å². The summed E-state index contributed by atoms with van der Waals surface area (Å²) in [5.41, 5.74) is 6.04. The number of fused-ring (bicyclic) bond motifs is 1. The molecule has 0 fully saturated rings. The topological polar surface area (TPSA) is 300 Å². The van der Waals surface area contributed by atoms with Crippen molar-refractivity contribution in [3.63, 3.8) is 0 Å². The minimum absolute atomic E-state index is 0.00407. The number of aliphatic carboxylic acids is 1. The third-order valence-electron chi connectivity index (χ3n) is 6.00. The number of nitrogen functional groups attached to an aromatic ring is 1. The number of aldehydes is 1. The second kappa shape index (κ2) is 14.7. The molecular formula is C25H29N7O11. The summed E-state index contributed by atoms with van der Waals surface area (Å²) in [4.78, 5) is 74.5. The summed E-state index contributed by atoms with van der Waals surface area (Å²) in [6, 6.07) is 4.26. The van der Waals surface area contributed by atoms with Gasteiger partial charge in [-0.15, -0.1) is 0 Å². The number of aromatic amines is 1. The molecular weight excluding hydrogens is 574 g/mol. The van der Waals surface area contributed by atoms with E-state index in [1.54, 1.807) is 0 Å². The van der Waals surface area contributed by atoms with Crippen molar-refractivity contribution in [3.8, 4) is 0 Å². The van der Waals surface area contributed by atoms with Crippen LogP contribution in [-0.2, 0) is 25.7 Å². The number of esters is 1. The third-order valence-corrected chi connectivity index (χ3v) is 6.00. The monoisotopic (exact) mass is 603 g/mol. The van der Waals surface area contributed by atoms with Gasteiger partial charge in [0.15, 0.2) is 23.6 Å². The zero-order valence-electron chi connectivity index (χ0n) is 22.3. The molecule has 0 spiro atoms. The highest BCUT2D eigenvalue weighted by Gasteiger charge is 2.35. The van der Waals surface area contributed by atoms with Gasteiger partial charge in [0.2, 0.25) is 5.95 Å². The van der Waals surface area contributed by atoms with Gasteiger partial charge in [-0.25, -0.2) is 14.8 Å². The summed E-state index contributed by atoms with van der Waals surface area (Å²) in [6.07, 6.45) is -7.68. The van der Waals surface area contributed by atoms with Gasteiger partial charge in [0.05, 0.1) is 25.0 Å². The molecule has 230 valence electrons. The number of ether oxygens (including phenoxy) is 1. The molecule has 0 bridgehead atoms. The lowest BCUT2D eigenvalue weighted by molar-refractivity contribution is -0.170. The molecule has 0 aliphatic carbocycles.